The van der Waals surface area contributed by atoms with Gasteiger partial charge in [-0.05, 0) is 25.8 Å². The van der Waals surface area contributed by atoms with E-state index in [1.807, 2.05) is 30.3 Å². The molecule has 1 rings (SSSR count). The summed E-state index contributed by atoms with van der Waals surface area (Å²) in [6.45, 7) is 3.20. The molecule has 5 nitrogen and oxygen atoms in total. The van der Waals surface area contributed by atoms with Gasteiger partial charge in [0, 0.05) is 12.8 Å². The predicted octanol–water partition coefficient (Wildman–Crippen LogP) is 0.496. The van der Waals surface area contributed by atoms with Crippen molar-refractivity contribution in [3.05, 3.63) is 35.9 Å². The van der Waals surface area contributed by atoms with Gasteiger partial charge in [-0.3, -0.25) is 4.79 Å². The van der Waals surface area contributed by atoms with E-state index in [4.69, 9.17) is 5.73 Å². The standard InChI is InChI=1S/C14H22N2O3S/c1-14(2,20(3,18)19)10-16-13(17)12(15)9-11-7-5-4-6-8-11/h4-8,12H,9-10,15H2,1-3H3,(H,16,17)/t12-/m1/s1. The van der Waals surface area contributed by atoms with Gasteiger partial charge >= 0.3 is 0 Å². The zero-order valence-electron chi connectivity index (χ0n) is 12.1. The van der Waals surface area contributed by atoms with Crippen LogP contribution in [-0.4, -0.2) is 37.9 Å². The van der Waals surface area contributed by atoms with E-state index in [9.17, 15) is 13.2 Å². The van der Waals surface area contributed by atoms with E-state index in [0.717, 1.165) is 11.8 Å². The Labute approximate surface area is 120 Å². The van der Waals surface area contributed by atoms with Crippen LogP contribution in [0.3, 0.4) is 0 Å². The molecule has 0 fully saturated rings. The highest BCUT2D eigenvalue weighted by Gasteiger charge is 2.31. The van der Waals surface area contributed by atoms with Crippen LogP contribution in [0.15, 0.2) is 30.3 Å². The van der Waals surface area contributed by atoms with Crippen LogP contribution >= 0.6 is 0 Å². The summed E-state index contributed by atoms with van der Waals surface area (Å²) in [7, 11) is -3.24. The number of benzene rings is 1. The van der Waals surface area contributed by atoms with Crippen molar-refractivity contribution in [1.29, 1.82) is 0 Å². The summed E-state index contributed by atoms with van der Waals surface area (Å²) in [4.78, 5) is 11.9. The van der Waals surface area contributed by atoms with Crippen molar-refractivity contribution in [2.24, 2.45) is 5.73 Å². The number of sulfone groups is 1. The molecule has 1 aromatic carbocycles. The van der Waals surface area contributed by atoms with Crippen molar-refractivity contribution in [3.8, 4) is 0 Å². The Balaban J connectivity index is 2.55. The van der Waals surface area contributed by atoms with E-state index in [0.29, 0.717) is 6.42 Å². The number of carbonyl (C=O) groups is 1. The Hall–Kier alpha value is -1.40. The number of nitrogens with one attached hydrogen (secondary N) is 1. The lowest BCUT2D eigenvalue weighted by Crippen LogP contribution is -2.49. The van der Waals surface area contributed by atoms with E-state index in [1.165, 1.54) is 0 Å². The Morgan fingerprint density at radius 3 is 2.35 bits per heavy atom. The molecule has 20 heavy (non-hydrogen) atoms. The third-order valence-electron chi connectivity index (χ3n) is 3.33. The quantitative estimate of drug-likeness (QED) is 0.800. The molecule has 1 atom stereocenters. The first-order valence-corrected chi connectivity index (χ1v) is 8.29. The molecule has 0 saturated heterocycles. The topological polar surface area (TPSA) is 89.3 Å². The van der Waals surface area contributed by atoms with Gasteiger partial charge in [-0.15, -0.1) is 0 Å². The molecular formula is C14H22N2O3S. The van der Waals surface area contributed by atoms with Gasteiger partial charge in [0.05, 0.1) is 10.8 Å². The maximum atomic E-state index is 11.9. The first-order chi connectivity index (χ1) is 9.13. The molecule has 112 valence electrons. The van der Waals surface area contributed by atoms with Crippen LogP contribution in [0.5, 0.6) is 0 Å². The average Bonchev–Trinajstić information content (AvgIpc) is 2.35. The van der Waals surface area contributed by atoms with Crippen molar-refractivity contribution >= 4 is 15.7 Å². The molecule has 0 saturated carbocycles. The average molecular weight is 298 g/mol. The molecular weight excluding hydrogens is 276 g/mol. The van der Waals surface area contributed by atoms with E-state index in [1.54, 1.807) is 13.8 Å². The van der Waals surface area contributed by atoms with Gasteiger partial charge in [0.2, 0.25) is 5.91 Å². The fourth-order valence-electron chi connectivity index (χ4n) is 1.52. The van der Waals surface area contributed by atoms with Gasteiger partial charge in [-0.1, -0.05) is 30.3 Å². The van der Waals surface area contributed by atoms with Gasteiger partial charge in [0.1, 0.15) is 0 Å². The van der Waals surface area contributed by atoms with E-state index in [2.05, 4.69) is 5.32 Å². The lowest BCUT2D eigenvalue weighted by atomic mass is 10.1. The molecule has 3 N–H and O–H groups in total. The molecule has 1 aromatic rings. The second-order valence-electron chi connectivity index (χ2n) is 5.55. The zero-order valence-corrected chi connectivity index (χ0v) is 12.9. The Kier molecular flexibility index (Phi) is 5.30. The van der Waals surface area contributed by atoms with Crippen LogP contribution in [-0.2, 0) is 21.1 Å². The molecule has 0 aromatic heterocycles. The van der Waals surface area contributed by atoms with Gasteiger partial charge in [0.15, 0.2) is 9.84 Å². The maximum Gasteiger partial charge on any atom is 0.237 e. The van der Waals surface area contributed by atoms with Crippen molar-refractivity contribution in [2.45, 2.75) is 31.1 Å². The molecule has 0 aliphatic heterocycles. The van der Waals surface area contributed by atoms with Gasteiger partial charge in [0.25, 0.3) is 0 Å². The first kappa shape index (κ1) is 16.7. The number of nitrogens with two attached hydrogens (primary N) is 1. The Bertz CT molecular complexity index is 553. The van der Waals surface area contributed by atoms with E-state index >= 15 is 0 Å². The zero-order chi connectivity index (χ0) is 15.4. The van der Waals surface area contributed by atoms with Crippen molar-refractivity contribution in [2.75, 3.05) is 12.8 Å². The summed E-state index contributed by atoms with van der Waals surface area (Å²) in [6, 6.07) is 8.76. The largest absolute Gasteiger partial charge is 0.353 e. The molecule has 0 bridgehead atoms. The molecule has 1 amide bonds. The third-order valence-corrected chi connectivity index (χ3v) is 5.48. The number of hydrogen-bond donors (Lipinski definition) is 2. The smallest absolute Gasteiger partial charge is 0.237 e. The molecule has 0 heterocycles. The molecule has 0 aliphatic carbocycles. The molecule has 0 spiro atoms. The molecule has 0 radical (unpaired) electrons. The molecule has 6 heteroatoms. The predicted molar refractivity (Wildman–Crippen MR) is 80.1 cm³/mol. The van der Waals surface area contributed by atoms with Crippen LogP contribution in [0.1, 0.15) is 19.4 Å². The van der Waals surface area contributed by atoms with Crippen molar-refractivity contribution in [1.82, 2.24) is 5.32 Å². The van der Waals surface area contributed by atoms with Crippen molar-refractivity contribution in [3.63, 3.8) is 0 Å². The van der Waals surface area contributed by atoms with Crippen LogP contribution in [0.2, 0.25) is 0 Å². The third kappa shape index (κ3) is 4.61. The van der Waals surface area contributed by atoms with Gasteiger partial charge in [-0.25, -0.2) is 8.42 Å². The monoisotopic (exact) mass is 298 g/mol. The number of hydrogen-bond acceptors (Lipinski definition) is 4. The number of rotatable bonds is 6. The Morgan fingerprint density at radius 1 is 1.30 bits per heavy atom. The fraction of sp³-hybridized carbons (Fsp3) is 0.500. The first-order valence-electron chi connectivity index (χ1n) is 6.40. The summed E-state index contributed by atoms with van der Waals surface area (Å²) in [5.41, 5.74) is 6.80. The van der Waals surface area contributed by atoms with Gasteiger partial charge < -0.3 is 11.1 Å². The van der Waals surface area contributed by atoms with E-state index in [-0.39, 0.29) is 12.5 Å². The minimum Gasteiger partial charge on any atom is -0.353 e. The summed E-state index contributed by atoms with van der Waals surface area (Å²) in [6.07, 6.45) is 1.58. The van der Waals surface area contributed by atoms with Crippen LogP contribution in [0.25, 0.3) is 0 Å². The highest BCUT2D eigenvalue weighted by Crippen LogP contribution is 2.13. The lowest BCUT2D eigenvalue weighted by molar-refractivity contribution is -0.122. The number of carbonyl (C=O) groups excluding carboxylic acids is 1. The normalized spacial score (nSPS) is 13.8. The summed E-state index contributed by atoms with van der Waals surface area (Å²) < 4.78 is 22.1. The second-order valence-corrected chi connectivity index (χ2v) is 8.20. The maximum absolute atomic E-state index is 11.9. The summed E-state index contributed by atoms with van der Waals surface area (Å²) >= 11 is 0. The molecule has 0 unspecified atom stereocenters. The van der Waals surface area contributed by atoms with Crippen LogP contribution in [0, 0.1) is 0 Å². The lowest BCUT2D eigenvalue weighted by Gasteiger charge is -2.23. The number of amides is 1. The SMILES string of the molecule is CC(C)(CNC(=O)[C@H](N)Cc1ccccc1)S(C)(=O)=O. The molecule has 0 aliphatic rings. The van der Waals surface area contributed by atoms with Crippen molar-refractivity contribution < 1.29 is 13.2 Å². The fourth-order valence-corrected chi connectivity index (χ4v) is 1.86. The van der Waals surface area contributed by atoms with Crippen LogP contribution < -0.4 is 11.1 Å². The van der Waals surface area contributed by atoms with Crippen LogP contribution in [0.4, 0.5) is 0 Å². The summed E-state index contributed by atoms with van der Waals surface area (Å²) in [5.74, 6) is -0.342. The van der Waals surface area contributed by atoms with Gasteiger partial charge in [-0.2, -0.15) is 0 Å². The summed E-state index contributed by atoms with van der Waals surface area (Å²) in [5, 5.41) is 2.61. The highest BCUT2D eigenvalue weighted by molar-refractivity contribution is 7.92. The minimum atomic E-state index is -3.24. The minimum absolute atomic E-state index is 0.0488. The second kappa shape index (κ2) is 6.37. The van der Waals surface area contributed by atoms with E-state index < -0.39 is 20.6 Å². The highest BCUT2D eigenvalue weighted by atomic mass is 32.2. The Morgan fingerprint density at radius 2 is 1.85 bits per heavy atom.